The highest BCUT2D eigenvalue weighted by Gasteiger charge is 2.06. The van der Waals surface area contributed by atoms with Crippen molar-refractivity contribution in [1.82, 2.24) is 10.2 Å². The minimum atomic E-state index is -0.175. The average molecular weight is 284 g/mol. The Kier molecular flexibility index (Phi) is 6.15. The number of halogens is 1. The summed E-state index contributed by atoms with van der Waals surface area (Å²) < 4.78 is 0. The lowest BCUT2D eigenvalue weighted by Gasteiger charge is -2.11. The molecule has 2 amide bonds. The van der Waals surface area contributed by atoms with E-state index in [0.717, 1.165) is 0 Å². The second kappa shape index (κ2) is 7.63. The summed E-state index contributed by atoms with van der Waals surface area (Å²) in [6.45, 7) is 0.458. The third-order valence-electron chi connectivity index (χ3n) is 2.47. The zero-order chi connectivity index (χ0) is 14.3. The average Bonchev–Trinajstić information content (AvgIpc) is 2.37. The third-order valence-corrected chi connectivity index (χ3v) is 2.80. The molecule has 0 aliphatic carbocycles. The molecule has 0 aromatic heterocycles. The molecule has 1 aromatic carbocycles. The summed E-state index contributed by atoms with van der Waals surface area (Å²) in [4.78, 5) is 24.3. The molecule has 0 saturated heterocycles. The summed E-state index contributed by atoms with van der Waals surface area (Å²) in [5.74, 6) is -0.189. The van der Waals surface area contributed by atoms with Crippen molar-refractivity contribution in [3.63, 3.8) is 0 Å². The van der Waals surface area contributed by atoms with Crippen molar-refractivity contribution >= 4 is 29.1 Å². The molecular weight excluding hydrogens is 266 g/mol. The predicted octanol–water partition coefficient (Wildman–Crippen LogP) is 1.35. The molecule has 0 aliphatic rings. The molecule has 0 heterocycles. The quantitative estimate of drug-likeness (QED) is 0.828. The highest BCUT2D eigenvalue weighted by molar-refractivity contribution is 6.33. The summed E-state index contributed by atoms with van der Waals surface area (Å²) in [7, 11) is 3.37. The van der Waals surface area contributed by atoms with Gasteiger partial charge in [0.05, 0.1) is 17.3 Å². The van der Waals surface area contributed by atoms with Crippen LogP contribution in [0.2, 0.25) is 5.02 Å². The number of anilines is 1. The minimum absolute atomic E-state index is 0.0145. The number of carbonyl (C=O) groups excluding carboxylic acids is 2. The van der Waals surface area contributed by atoms with E-state index >= 15 is 0 Å². The van der Waals surface area contributed by atoms with Crippen molar-refractivity contribution in [3.05, 3.63) is 29.3 Å². The molecule has 0 unspecified atom stereocenters. The van der Waals surface area contributed by atoms with Gasteiger partial charge in [0.25, 0.3) is 0 Å². The number of rotatable bonds is 6. The van der Waals surface area contributed by atoms with E-state index < -0.39 is 0 Å². The van der Waals surface area contributed by atoms with Crippen LogP contribution in [0.15, 0.2) is 24.3 Å². The second-order valence-electron chi connectivity index (χ2n) is 4.22. The number of amides is 2. The summed E-state index contributed by atoms with van der Waals surface area (Å²) in [5.41, 5.74) is 0.712. The van der Waals surface area contributed by atoms with Crippen molar-refractivity contribution in [2.45, 2.75) is 6.42 Å². The fourth-order valence-electron chi connectivity index (χ4n) is 1.38. The van der Waals surface area contributed by atoms with E-state index in [9.17, 15) is 9.59 Å². The molecule has 0 fully saturated rings. The molecule has 0 aliphatic heterocycles. The SMILES string of the molecule is CN(C)C(=O)CCNC(=O)CNc1ccccc1Cl. The van der Waals surface area contributed by atoms with E-state index in [1.807, 2.05) is 12.1 Å². The van der Waals surface area contributed by atoms with E-state index in [2.05, 4.69) is 10.6 Å². The Balaban J connectivity index is 2.25. The van der Waals surface area contributed by atoms with Gasteiger partial charge in [0.1, 0.15) is 0 Å². The maximum absolute atomic E-state index is 11.5. The largest absolute Gasteiger partial charge is 0.375 e. The molecule has 0 atom stereocenters. The molecule has 0 spiro atoms. The molecule has 1 rings (SSSR count). The lowest BCUT2D eigenvalue weighted by atomic mass is 10.3. The summed E-state index contributed by atoms with van der Waals surface area (Å²) >= 11 is 5.94. The minimum Gasteiger partial charge on any atom is -0.375 e. The first kappa shape index (κ1) is 15.3. The fourth-order valence-corrected chi connectivity index (χ4v) is 1.58. The molecule has 6 heteroatoms. The number of para-hydroxylation sites is 1. The zero-order valence-electron chi connectivity index (χ0n) is 11.1. The van der Waals surface area contributed by atoms with Crippen LogP contribution >= 0.6 is 11.6 Å². The smallest absolute Gasteiger partial charge is 0.239 e. The molecule has 19 heavy (non-hydrogen) atoms. The number of nitrogens with zero attached hydrogens (tertiary/aromatic N) is 1. The maximum atomic E-state index is 11.5. The Morgan fingerprint density at radius 3 is 2.58 bits per heavy atom. The summed E-state index contributed by atoms with van der Waals surface area (Å²) in [6.07, 6.45) is 0.296. The number of nitrogens with one attached hydrogen (secondary N) is 2. The Morgan fingerprint density at radius 2 is 1.95 bits per heavy atom. The normalized spacial score (nSPS) is 9.84. The second-order valence-corrected chi connectivity index (χ2v) is 4.63. The van der Waals surface area contributed by atoms with E-state index in [4.69, 9.17) is 11.6 Å². The lowest BCUT2D eigenvalue weighted by Crippen LogP contribution is -2.33. The van der Waals surface area contributed by atoms with Gasteiger partial charge in [-0.05, 0) is 12.1 Å². The van der Waals surface area contributed by atoms with Crippen molar-refractivity contribution < 1.29 is 9.59 Å². The first-order chi connectivity index (χ1) is 9.00. The van der Waals surface area contributed by atoms with E-state index in [0.29, 0.717) is 23.7 Å². The van der Waals surface area contributed by atoms with Crippen LogP contribution in [-0.4, -0.2) is 43.9 Å². The van der Waals surface area contributed by atoms with Crippen LogP contribution in [0.25, 0.3) is 0 Å². The highest BCUT2D eigenvalue weighted by Crippen LogP contribution is 2.19. The van der Waals surface area contributed by atoms with Crippen LogP contribution in [0.1, 0.15) is 6.42 Å². The van der Waals surface area contributed by atoms with Crippen molar-refractivity contribution in [2.24, 2.45) is 0 Å². The van der Waals surface area contributed by atoms with Crippen LogP contribution < -0.4 is 10.6 Å². The van der Waals surface area contributed by atoms with Gasteiger partial charge in [0.2, 0.25) is 11.8 Å². The standard InChI is InChI=1S/C13H18ClN3O2/c1-17(2)13(19)7-8-15-12(18)9-16-11-6-4-3-5-10(11)14/h3-6,16H,7-9H2,1-2H3,(H,15,18). The molecule has 0 radical (unpaired) electrons. The first-order valence-corrected chi connectivity index (χ1v) is 6.33. The van der Waals surface area contributed by atoms with Crippen molar-refractivity contribution in [2.75, 3.05) is 32.5 Å². The molecule has 5 nitrogen and oxygen atoms in total. The van der Waals surface area contributed by atoms with Gasteiger partial charge in [-0.2, -0.15) is 0 Å². The monoisotopic (exact) mass is 283 g/mol. The van der Waals surface area contributed by atoms with Crippen LogP contribution in [0.3, 0.4) is 0 Å². The van der Waals surface area contributed by atoms with Gasteiger partial charge in [-0.1, -0.05) is 23.7 Å². The molecule has 0 saturated carbocycles. The van der Waals surface area contributed by atoms with Crippen molar-refractivity contribution in [1.29, 1.82) is 0 Å². The number of hydrogen-bond donors (Lipinski definition) is 2. The molecule has 0 bridgehead atoms. The van der Waals surface area contributed by atoms with Crippen molar-refractivity contribution in [3.8, 4) is 0 Å². The molecule has 1 aromatic rings. The number of benzene rings is 1. The first-order valence-electron chi connectivity index (χ1n) is 5.96. The van der Waals surface area contributed by atoms with E-state index in [-0.39, 0.29) is 18.4 Å². The van der Waals surface area contributed by atoms with Gasteiger partial charge < -0.3 is 15.5 Å². The summed E-state index contributed by atoms with van der Waals surface area (Å²) in [6, 6.07) is 7.20. The fraction of sp³-hybridized carbons (Fsp3) is 0.385. The third kappa shape index (κ3) is 5.61. The van der Waals surface area contributed by atoms with Gasteiger partial charge in [-0.15, -0.1) is 0 Å². The summed E-state index contributed by atoms with van der Waals surface area (Å²) in [5, 5.41) is 6.17. The maximum Gasteiger partial charge on any atom is 0.239 e. The number of hydrogen-bond acceptors (Lipinski definition) is 3. The van der Waals surface area contributed by atoms with Gasteiger partial charge in [0, 0.05) is 27.1 Å². The topological polar surface area (TPSA) is 61.4 Å². The molecule has 2 N–H and O–H groups in total. The van der Waals surface area contributed by atoms with Gasteiger partial charge >= 0.3 is 0 Å². The predicted molar refractivity (Wildman–Crippen MR) is 76.3 cm³/mol. The zero-order valence-corrected chi connectivity index (χ0v) is 11.8. The number of carbonyl (C=O) groups is 2. The highest BCUT2D eigenvalue weighted by atomic mass is 35.5. The Bertz CT molecular complexity index is 449. The van der Waals surface area contributed by atoms with Crippen LogP contribution in [0.5, 0.6) is 0 Å². The Hall–Kier alpha value is -1.75. The lowest BCUT2D eigenvalue weighted by molar-refractivity contribution is -0.128. The van der Waals surface area contributed by atoms with E-state index in [1.54, 1.807) is 26.2 Å². The van der Waals surface area contributed by atoms with Gasteiger partial charge in [0.15, 0.2) is 0 Å². The Labute approximate surface area is 117 Å². The van der Waals surface area contributed by atoms with E-state index in [1.165, 1.54) is 4.90 Å². The van der Waals surface area contributed by atoms with Gasteiger partial charge in [-0.3, -0.25) is 9.59 Å². The van der Waals surface area contributed by atoms with Crippen LogP contribution in [0, 0.1) is 0 Å². The van der Waals surface area contributed by atoms with Gasteiger partial charge in [-0.25, -0.2) is 0 Å². The van der Waals surface area contributed by atoms with Crippen LogP contribution in [-0.2, 0) is 9.59 Å². The Morgan fingerprint density at radius 1 is 1.26 bits per heavy atom. The molecular formula is C13H18ClN3O2. The molecule has 104 valence electrons. The van der Waals surface area contributed by atoms with Crippen LogP contribution in [0.4, 0.5) is 5.69 Å².